The normalized spacial score (nSPS) is 15.6. The minimum atomic E-state index is 0.0550. The number of hydrogen-bond donors (Lipinski definition) is 1. The van der Waals surface area contributed by atoms with Gasteiger partial charge >= 0.3 is 0 Å². The van der Waals surface area contributed by atoms with Crippen molar-refractivity contribution in [1.82, 2.24) is 20.0 Å². The van der Waals surface area contributed by atoms with Crippen molar-refractivity contribution >= 4 is 0 Å². The van der Waals surface area contributed by atoms with Crippen LogP contribution < -0.4 is 5.32 Å². The van der Waals surface area contributed by atoms with Crippen molar-refractivity contribution in [3.63, 3.8) is 0 Å². The molecule has 0 saturated carbocycles. The highest BCUT2D eigenvalue weighted by Gasteiger charge is 2.15. The van der Waals surface area contributed by atoms with E-state index in [1.807, 2.05) is 10.9 Å². The van der Waals surface area contributed by atoms with Crippen molar-refractivity contribution in [3.8, 4) is 0 Å². The third-order valence-electron chi connectivity index (χ3n) is 4.47. The lowest BCUT2D eigenvalue weighted by atomic mass is 10.00. The van der Waals surface area contributed by atoms with Crippen molar-refractivity contribution in [2.45, 2.75) is 45.8 Å². The monoisotopic (exact) mass is 312 g/mol. The van der Waals surface area contributed by atoms with Gasteiger partial charge in [-0.05, 0) is 38.3 Å². The van der Waals surface area contributed by atoms with Crippen LogP contribution in [0.5, 0.6) is 0 Å². The Morgan fingerprint density at radius 3 is 2.70 bits per heavy atom. The lowest BCUT2D eigenvalue weighted by Crippen LogP contribution is -2.35. The number of aromatic nitrogens is 2. The largest absolute Gasteiger partial charge is 0.311 e. The molecular formula is C19H28N4. The predicted molar refractivity (Wildman–Crippen MR) is 94.4 cm³/mol. The van der Waals surface area contributed by atoms with E-state index in [0.29, 0.717) is 0 Å². The van der Waals surface area contributed by atoms with Crippen molar-refractivity contribution in [3.05, 3.63) is 53.3 Å². The van der Waals surface area contributed by atoms with E-state index in [1.165, 1.54) is 29.7 Å². The summed E-state index contributed by atoms with van der Waals surface area (Å²) in [6, 6.07) is 8.81. The highest BCUT2D eigenvalue weighted by molar-refractivity contribution is 5.29. The topological polar surface area (TPSA) is 33.1 Å². The summed E-state index contributed by atoms with van der Waals surface area (Å²) < 4.78 is 2.03. The zero-order valence-corrected chi connectivity index (χ0v) is 14.5. The van der Waals surface area contributed by atoms with Crippen LogP contribution in [-0.4, -0.2) is 34.3 Å². The van der Waals surface area contributed by atoms with Crippen LogP contribution in [0.3, 0.4) is 0 Å². The number of nitrogens with zero attached hydrogens (tertiary/aromatic N) is 3. The maximum absolute atomic E-state index is 4.45. The van der Waals surface area contributed by atoms with E-state index >= 15 is 0 Å². The minimum Gasteiger partial charge on any atom is -0.311 e. The molecule has 1 aromatic heterocycles. The van der Waals surface area contributed by atoms with Crippen LogP contribution in [0.4, 0.5) is 0 Å². The van der Waals surface area contributed by atoms with Crippen LogP contribution in [0.25, 0.3) is 0 Å². The fourth-order valence-corrected chi connectivity index (χ4v) is 3.03. The van der Waals surface area contributed by atoms with Gasteiger partial charge in [-0.25, -0.2) is 0 Å². The second-order valence-electron chi connectivity index (χ2n) is 7.44. The first-order valence-corrected chi connectivity index (χ1v) is 8.56. The zero-order valence-electron chi connectivity index (χ0n) is 14.5. The Kier molecular flexibility index (Phi) is 4.83. The standard InChI is InChI=1S/C19H28N4/c1-19(2,3)23-14-16(13-21-23)12-20-9-11-22-10-8-17-6-4-5-7-18(17)15-22/h4-7,13-14,20H,8-12,15H2,1-3H3. The highest BCUT2D eigenvalue weighted by Crippen LogP contribution is 2.17. The number of rotatable bonds is 5. The number of benzene rings is 1. The van der Waals surface area contributed by atoms with Crippen LogP contribution in [0.15, 0.2) is 36.7 Å². The molecule has 0 bridgehead atoms. The molecule has 1 aliphatic rings. The molecule has 3 rings (SSSR count). The molecule has 4 heteroatoms. The molecule has 23 heavy (non-hydrogen) atoms. The van der Waals surface area contributed by atoms with Gasteiger partial charge in [0.25, 0.3) is 0 Å². The quantitative estimate of drug-likeness (QED) is 0.862. The van der Waals surface area contributed by atoms with Gasteiger partial charge in [0.2, 0.25) is 0 Å². The van der Waals surface area contributed by atoms with E-state index in [4.69, 9.17) is 0 Å². The first-order chi connectivity index (χ1) is 11.0. The summed E-state index contributed by atoms with van der Waals surface area (Å²) in [6.07, 6.45) is 5.29. The summed E-state index contributed by atoms with van der Waals surface area (Å²) in [5.41, 5.74) is 4.32. The lowest BCUT2D eigenvalue weighted by molar-refractivity contribution is 0.254. The van der Waals surface area contributed by atoms with Gasteiger partial charge in [-0.15, -0.1) is 0 Å². The second-order valence-corrected chi connectivity index (χ2v) is 7.44. The van der Waals surface area contributed by atoms with Gasteiger partial charge in [0, 0.05) is 44.5 Å². The summed E-state index contributed by atoms with van der Waals surface area (Å²) in [6.45, 7) is 11.8. The highest BCUT2D eigenvalue weighted by atomic mass is 15.3. The number of hydrogen-bond acceptors (Lipinski definition) is 3. The molecule has 0 amide bonds. The Hall–Kier alpha value is -1.65. The van der Waals surface area contributed by atoms with Gasteiger partial charge < -0.3 is 5.32 Å². The molecule has 0 spiro atoms. The van der Waals surface area contributed by atoms with Gasteiger partial charge in [0.1, 0.15) is 0 Å². The molecule has 2 heterocycles. The molecule has 0 aliphatic carbocycles. The van der Waals surface area contributed by atoms with E-state index in [2.05, 4.69) is 66.5 Å². The summed E-state index contributed by atoms with van der Waals surface area (Å²) in [5.74, 6) is 0. The Morgan fingerprint density at radius 2 is 1.96 bits per heavy atom. The molecule has 0 unspecified atom stereocenters. The zero-order chi connectivity index (χ0) is 16.3. The van der Waals surface area contributed by atoms with Gasteiger partial charge in [-0.1, -0.05) is 24.3 Å². The first-order valence-electron chi connectivity index (χ1n) is 8.56. The van der Waals surface area contributed by atoms with E-state index in [-0.39, 0.29) is 5.54 Å². The van der Waals surface area contributed by atoms with E-state index in [0.717, 1.165) is 26.2 Å². The Labute approximate surface area is 139 Å². The van der Waals surface area contributed by atoms with Crippen LogP contribution in [0.1, 0.15) is 37.5 Å². The van der Waals surface area contributed by atoms with Crippen LogP contribution in [0, 0.1) is 0 Å². The summed E-state index contributed by atoms with van der Waals surface area (Å²) in [5, 5.41) is 7.99. The van der Waals surface area contributed by atoms with E-state index in [9.17, 15) is 0 Å². The van der Waals surface area contributed by atoms with Crippen LogP contribution >= 0.6 is 0 Å². The number of nitrogens with one attached hydrogen (secondary N) is 1. The molecule has 2 aromatic rings. The van der Waals surface area contributed by atoms with E-state index < -0.39 is 0 Å². The fourth-order valence-electron chi connectivity index (χ4n) is 3.03. The molecule has 0 fully saturated rings. The van der Waals surface area contributed by atoms with Gasteiger partial charge in [0.15, 0.2) is 0 Å². The third-order valence-corrected chi connectivity index (χ3v) is 4.47. The van der Waals surface area contributed by atoms with Crippen molar-refractivity contribution in [1.29, 1.82) is 0 Å². The Morgan fingerprint density at radius 1 is 1.17 bits per heavy atom. The average molecular weight is 312 g/mol. The molecule has 1 N–H and O–H groups in total. The van der Waals surface area contributed by atoms with Crippen molar-refractivity contribution in [2.75, 3.05) is 19.6 Å². The Bertz CT molecular complexity index is 639. The first kappa shape index (κ1) is 16.2. The van der Waals surface area contributed by atoms with Gasteiger partial charge in [-0.3, -0.25) is 9.58 Å². The van der Waals surface area contributed by atoms with Crippen LogP contribution in [-0.2, 0) is 25.0 Å². The fraction of sp³-hybridized carbons (Fsp3) is 0.526. The SMILES string of the molecule is CC(C)(C)n1cc(CNCCN2CCc3ccccc3C2)cn1. The molecule has 0 atom stereocenters. The summed E-state index contributed by atoms with van der Waals surface area (Å²) in [4.78, 5) is 2.54. The average Bonchev–Trinajstić information content (AvgIpc) is 3.00. The molecule has 124 valence electrons. The molecule has 4 nitrogen and oxygen atoms in total. The minimum absolute atomic E-state index is 0.0550. The predicted octanol–water partition coefficient (Wildman–Crippen LogP) is 2.79. The second kappa shape index (κ2) is 6.85. The summed E-state index contributed by atoms with van der Waals surface area (Å²) in [7, 11) is 0. The smallest absolute Gasteiger partial charge is 0.0543 e. The van der Waals surface area contributed by atoms with Crippen LogP contribution in [0.2, 0.25) is 0 Å². The maximum Gasteiger partial charge on any atom is 0.0543 e. The van der Waals surface area contributed by atoms with Crippen molar-refractivity contribution in [2.24, 2.45) is 0 Å². The molecular weight excluding hydrogens is 284 g/mol. The summed E-state index contributed by atoms with van der Waals surface area (Å²) >= 11 is 0. The molecule has 0 radical (unpaired) electrons. The van der Waals surface area contributed by atoms with E-state index in [1.54, 1.807) is 0 Å². The van der Waals surface area contributed by atoms with Gasteiger partial charge in [0.05, 0.1) is 11.7 Å². The molecule has 0 saturated heterocycles. The third kappa shape index (κ3) is 4.21. The van der Waals surface area contributed by atoms with Gasteiger partial charge in [-0.2, -0.15) is 5.10 Å². The lowest BCUT2D eigenvalue weighted by Gasteiger charge is -2.28. The Balaban J connectivity index is 1.42. The molecule has 1 aliphatic heterocycles. The number of fused-ring (bicyclic) bond motifs is 1. The maximum atomic E-state index is 4.45. The molecule has 1 aromatic carbocycles. The van der Waals surface area contributed by atoms with Crippen molar-refractivity contribution < 1.29 is 0 Å².